The number of carbonyl (C=O) groups is 1. The highest BCUT2D eigenvalue weighted by Gasteiger charge is 2.22. The van der Waals surface area contributed by atoms with E-state index in [1.54, 1.807) is 6.20 Å². The van der Waals surface area contributed by atoms with Crippen molar-refractivity contribution in [3.05, 3.63) is 95.3 Å². The Morgan fingerprint density at radius 3 is 2.59 bits per heavy atom. The molecule has 27 heavy (non-hydrogen) atoms. The zero-order valence-electron chi connectivity index (χ0n) is 15.5. The van der Waals surface area contributed by atoms with Crippen LogP contribution in [0.5, 0.6) is 0 Å². The summed E-state index contributed by atoms with van der Waals surface area (Å²) in [4.78, 5) is 21.4. The Morgan fingerprint density at radius 2 is 1.78 bits per heavy atom. The van der Waals surface area contributed by atoms with Crippen LogP contribution >= 0.6 is 0 Å². The highest BCUT2D eigenvalue weighted by molar-refractivity contribution is 5.93. The van der Waals surface area contributed by atoms with Gasteiger partial charge in [0, 0.05) is 38.6 Å². The first kappa shape index (κ1) is 17.3. The van der Waals surface area contributed by atoms with Crippen LogP contribution in [0.2, 0.25) is 0 Å². The van der Waals surface area contributed by atoms with Crippen LogP contribution in [0.4, 0.5) is 5.69 Å². The summed E-state index contributed by atoms with van der Waals surface area (Å²) in [5, 5.41) is 0. The Morgan fingerprint density at radius 1 is 1.04 bits per heavy atom. The van der Waals surface area contributed by atoms with E-state index in [4.69, 9.17) is 0 Å². The van der Waals surface area contributed by atoms with Crippen LogP contribution in [0, 0.1) is 0 Å². The van der Waals surface area contributed by atoms with Crippen LogP contribution in [-0.2, 0) is 19.5 Å². The second-order valence-electron chi connectivity index (χ2n) is 6.99. The quantitative estimate of drug-likeness (QED) is 0.710. The summed E-state index contributed by atoms with van der Waals surface area (Å²) in [5.74, 6) is -0.000496. The Kier molecular flexibility index (Phi) is 4.88. The highest BCUT2D eigenvalue weighted by Crippen LogP contribution is 2.21. The number of pyridine rings is 1. The third kappa shape index (κ3) is 3.85. The van der Waals surface area contributed by atoms with E-state index in [-0.39, 0.29) is 5.91 Å². The first-order valence-corrected chi connectivity index (χ1v) is 9.28. The molecule has 2 heterocycles. The van der Waals surface area contributed by atoms with Gasteiger partial charge in [-0.2, -0.15) is 0 Å². The normalized spacial score (nSPS) is 13.1. The zero-order chi connectivity index (χ0) is 18.6. The molecule has 2 aromatic carbocycles. The second kappa shape index (κ2) is 7.62. The standard InChI is InChI=1S/C23H23N3O/c1-25(16-18-7-3-2-4-8-18)21-11-13-24-22(15-21)23(27)26-14-12-19-9-5-6-10-20(19)17-26/h2-11,13,15H,12,14,16-17H2,1H3. The summed E-state index contributed by atoms with van der Waals surface area (Å²) in [7, 11) is 2.04. The van der Waals surface area contributed by atoms with Gasteiger partial charge in [0.15, 0.2) is 0 Å². The SMILES string of the molecule is CN(Cc1ccccc1)c1ccnc(C(=O)N2CCc3ccccc3C2)c1. The maximum absolute atomic E-state index is 13.0. The van der Waals surface area contributed by atoms with E-state index in [1.807, 2.05) is 48.3 Å². The molecule has 0 saturated carbocycles. The number of carbonyl (C=O) groups excluding carboxylic acids is 1. The predicted molar refractivity (Wildman–Crippen MR) is 108 cm³/mol. The van der Waals surface area contributed by atoms with Gasteiger partial charge in [-0.25, -0.2) is 0 Å². The summed E-state index contributed by atoms with van der Waals surface area (Å²) < 4.78 is 0. The molecule has 0 radical (unpaired) electrons. The number of hydrogen-bond donors (Lipinski definition) is 0. The van der Waals surface area contributed by atoms with Crippen LogP contribution in [0.25, 0.3) is 0 Å². The maximum atomic E-state index is 13.0. The number of nitrogens with zero attached hydrogens (tertiary/aromatic N) is 3. The van der Waals surface area contributed by atoms with Gasteiger partial charge in [-0.15, -0.1) is 0 Å². The Labute approximate surface area is 160 Å². The smallest absolute Gasteiger partial charge is 0.272 e. The van der Waals surface area contributed by atoms with E-state index in [0.717, 1.165) is 25.2 Å². The Hall–Kier alpha value is -3.14. The average Bonchev–Trinajstić information content (AvgIpc) is 2.73. The number of amides is 1. The van der Waals surface area contributed by atoms with E-state index < -0.39 is 0 Å². The van der Waals surface area contributed by atoms with Crippen molar-refractivity contribution >= 4 is 11.6 Å². The van der Waals surface area contributed by atoms with Gasteiger partial charge in [0.1, 0.15) is 5.69 Å². The molecule has 3 aromatic rings. The van der Waals surface area contributed by atoms with E-state index in [9.17, 15) is 4.79 Å². The molecule has 1 amide bonds. The lowest BCUT2D eigenvalue weighted by molar-refractivity contribution is 0.0729. The molecule has 0 saturated heterocycles. The minimum absolute atomic E-state index is 0.000496. The molecule has 136 valence electrons. The van der Waals surface area contributed by atoms with Crippen molar-refractivity contribution in [2.45, 2.75) is 19.5 Å². The van der Waals surface area contributed by atoms with Crippen LogP contribution in [0.3, 0.4) is 0 Å². The molecule has 0 atom stereocenters. The first-order chi connectivity index (χ1) is 13.2. The minimum atomic E-state index is -0.000496. The van der Waals surface area contributed by atoms with Crippen LogP contribution < -0.4 is 4.90 Å². The number of anilines is 1. The molecule has 0 spiro atoms. The number of fused-ring (bicyclic) bond motifs is 1. The van der Waals surface area contributed by atoms with Crippen molar-refractivity contribution in [2.24, 2.45) is 0 Å². The van der Waals surface area contributed by atoms with E-state index in [0.29, 0.717) is 12.2 Å². The number of benzene rings is 2. The van der Waals surface area contributed by atoms with Crippen molar-refractivity contribution in [1.82, 2.24) is 9.88 Å². The lowest BCUT2D eigenvalue weighted by Crippen LogP contribution is -2.36. The summed E-state index contributed by atoms with van der Waals surface area (Å²) in [6.07, 6.45) is 2.62. The molecule has 0 unspecified atom stereocenters. The molecule has 0 aliphatic carbocycles. The molecule has 0 bridgehead atoms. The van der Waals surface area contributed by atoms with Crippen LogP contribution in [-0.4, -0.2) is 29.4 Å². The van der Waals surface area contributed by atoms with Crippen LogP contribution in [0.15, 0.2) is 72.9 Å². The van der Waals surface area contributed by atoms with Gasteiger partial charge in [0.05, 0.1) is 0 Å². The summed E-state index contributed by atoms with van der Waals surface area (Å²) in [5.41, 5.74) is 5.30. The molecule has 0 N–H and O–H groups in total. The fourth-order valence-electron chi connectivity index (χ4n) is 3.55. The Bertz CT molecular complexity index is 939. The van der Waals surface area contributed by atoms with Gasteiger partial charge in [0.25, 0.3) is 5.91 Å². The first-order valence-electron chi connectivity index (χ1n) is 9.28. The van der Waals surface area contributed by atoms with Crippen molar-refractivity contribution < 1.29 is 4.79 Å². The average molecular weight is 357 g/mol. The van der Waals surface area contributed by atoms with Crippen molar-refractivity contribution in [3.8, 4) is 0 Å². The fraction of sp³-hybridized carbons (Fsp3) is 0.217. The zero-order valence-corrected chi connectivity index (χ0v) is 15.5. The van der Waals surface area contributed by atoms with E-state index >= 15 is 0 Å². The number of rotatable bonds is 4. The number of hydrogen-bond acceptors (Lipinski definition) is 3. The third-order valence-electron chi connectivity index (χ3n) is 5.08. The van der Waals surface area contributed by atoms with Gasteiger partial charge in [-0.1, -0.05) is 54.6 Å². The van der Waals surface area contributed by atoms with Gasteiger partial charge < -0.3 is 9.80 Å². The lowest BCUT2D eigenvalue weighted by atomic mass is 10.00. The Balaban J connectivity index is 1.50. The summed E-state index contributed by atoms with van der Waals surface area (Å²) >= 11 is 0. The highest BCUT2D eigenvalue weighted by atomic mass is 16.2. The molecule has 4 heteroatoms. The van der Waals surface area contributed by atoms with Gasteiger partial charge in [0.2, 0.25) is 0 Å². The van der Waals surface area contributed by atoms with E-state index in [2.05, 4.69) is 40.2 Å². The van der Waals surface area contributed by atoms with Crippen LogP contribution in [0.1, 0.15) is 27.2 Å². The topological polar surface area (TPSA) is 36.4 Å². The third-order valence-corrected chi connectivity index (χ3v) is 5.08. The molecule has 0 fully saturated rings. The predicted octanol–water partition coefficient (Wildman–Crippen LogP) is 3.92. The molecule has 1 aliphatic rings. The van der Waals surface area contributed by atoms with Gasteiger partial charge in [-0.05, 0) is 35.2 Å². The lowest BCUT2D eigenvalue weighted by Gasteiger charge is -2.29. The molecular weight excluding hydrogens is 334 g/mol. The molecule has 1 aliphatic heterocycles. The molecule has 4 nitrogen and oxygen atoms in total. The summed E-state index contributed by atoms with van der Waals surface area (Å²) in [6.45, 7) is 2.18. The number of aromatic nitrogens is 1. The molecule has 4 rings (SSSR count). The minimum Gasteiger partial charge on any atom is -0.370 e. The van der Waals surface area contributed by atoms with Gasteiger partial charge >= 0.3 is 0 Å². The molecular formula is C23H23N3O. The largest absolute Gasteiger partial charge is 0.370 e. The van der Waals surface area contributed by atoms with Crippen molar-refractivity contribution in [3.63, 3.8) is 0 Å². The fourth-order valence-corrected chi connectivity index (χ4v) is 3.55. The van der Waals surface area contributed by atoms with Crippen molar-refractivity contribution in [1.29, 1.82) is 0 Å². The van der Waals surface area contributed by atoms with Gasteiger partial charge in [-0.3, -0.25) is 9.78 Å². The second-order valence-corrected chi connectivity index (χ2v) is 6.99. The monoisotopic (exact) mass is 357 g/mol. The van der Waals surface area contributed by atoms with Crippen molar-refractivity contribution in [2.75, 3.05) is 18.5 Å². The van der Waals surface area contributed by atoms with E-state index in [1.165, 1.54) is 16.7 Å². The maximum Gasteiger partial charge on any atom is 0.272 e. The summed E-state index contributed by atoms with van der Waals surface area (Å²) in [6, 6.07) is 22.5. The molecule has 1 aromatic heterocycles.